The van der Waals surface area contributed by atoms with E-state index >= 15 is 0 Å². The van der Waals surface area contributed by atoms with Gasteiger partial charge in [-0.05, 0) is 44.4 Å². The second-order valence-corrected chi connectivity index (χ2v) is 5.68. The van der Waals surface area contributed by atoms with Crippen LogP contribution < -0.4 is 5.73 Å². The first-order valence-corrected chi connectivity index (χ1v) is 7.38. The molecule has 0 bridgehead atoms. The third-order valence-corrected chi connectivity index (χ3v) is 3.92. The molecule has 0 saturated carbocycles. The van der Waals surface area contributed by atoms with Gasteiger partial charge in [0, 0.05) is 23.3 Å². The van der Waals surface area contributed by atoms with Crippen molar-refractivity contribution in [3.8, 4) is 0 Å². The zero-order valence-electron chi connectivity index (χ0n) is 12.0. The van der Waals surface area contributed by atoms with E-state index in [1.165, 1.54) is 12.1 Å². The van der Waals surface area contributed by atoms with Gasteiger partial charge in [0.25, 0.3) is 5.91 Å². The van der Waals surface area contributed by atoms with Crippen molar-refractivity contribution in [2.45, 2.75) is 32.2 Å². The fraction of sp³-hybridized carbons (Fsp3) is 0.467. The smallest absolute Gasteiger partial charge is 0.340 e. The zero-order chi connectivity index (χ0) is 15.4. The van der Waals surface area contributed by atoms with Crippen molar-refractivity contribution in [3.63, 3.8) is 0 Å². The fourth-order valence-corrected chi connectivity index (χ4v) is 2.66. The van der Waals surface area contributed by atoms with E-state index in [9.17, 15) is 9.59 Å². The lowest BCUT2D eigenvalue weighted by Gasteiger charge is -2.33. The first-order valence-electron chi connectivity index (χ1n) is 7.00. The third-order valence-electron chi connectivity index (χ3n) is 3.68. The summed E-state index contributed by atoms with van der Waals surface area (Å²) in [5.41, 5.74) is 6.18. The van der Waals surface area contributed by atoms with E-state index in [-0.39, 0.29) is 29.8 Å². The summed E-state index contributed by atoms with van der Waals surface area (Å²) in [6, 6.07) is 4.73. The van der Waals surface area contributed by atoms with Crippen LogP contribution in [0.15, 0.2) is 18.2 Å². The average molecular weight is 311 g/mol. The van der Waals surface area contributed by atoms with Crippen LogP contribution in [0.2, 0.25) is 5.02 Å². The monoisotopic (exact) mass is 310 g/mol. The van der Waals surface area contributed by atoms with E-state index in [1.807, 2.05) is 6.92 Å². The number of rotatable bonds is 3. The second kappa shape index (κ2) is 6.80. The number of amides is 1. The number of carbonyl (C=O) groups excluding carboxylic acids is 2. The zero-order valence-corrected chi connectivity index (χ0v) is 12.7. The van der Waals surface area contributed by atoms with Crippen LogP contribution >= 0.6 is 11.6 Å². The predicted octanol–water partition coefficient (Wildman–Crippen LogP) is 2.48. The summed E-state index contributed by atoms with van der Waals surface area (Å²) in [5, 5.41) is 0.447. The Balaban J connectivity index is 1.92. The summed E-state index contributed by atoms with van der Waals surface area (Å²) in [6.07, 6.45) is 3.12. The molecule has 1 atom stereocenters. The van der Waals surface area contributed by atoms with Gasteiger partial charge in [0.1, 0.15) is 0 Å². The molecule has 1 heterocycles. The Morgan fingerprint density at radius 1 is 1.43 bits per heavy atom. The van der Waals surface area contributed by atoms with Gasteiger partial charge in [-0.3, -0.25) is 4.79 Å². The molecule has 5 nitrogen and oxygen atoms in total. The van der Waals surface area contributed by atoms with Crippen LogP contribution in [0.1, 0.15) is 36.5 Å². The minimum absolute atomic E-state index is 0.164. The van der Waals surface area contributed by atoms with E-state index in [1.54, 1.807) is 11.0 Å². The largest absolute Gasteiger partial charge is 0.452 e. The molecule has 114 valence electrons. The molecule has 1 amide bonds. The normalized spacial score (nSPS) is 18.4. The van der Waals surface area contributed by atoms with E-state index in [2.05, 4.69) is 0 Å². The van der Waals surface area contributed by atoms with E-state index in [0.29, 0.717) is 5.02 Å². The number of carbonyl (C=O) groups is 2. The second-order valence-electron chi connectivity index (χ2n) is 5.24. The lowest BCUT2D eigenvalue weighted by molar-refractivity contribution is -0.137. The first kappa shape index (κ1) is 15.6. The summed E-state index contributed by atoms with van der Waals surface area (Å²) in [4.78, 5) is 25.8. The van der Waals surface area contributed by atoms with Gasteiger partial charge >= 0.3 is 5.97 Å². The predicted molar refractivity (Wildman–Crippen MR) is 81.2 cm³/mol. The Hall–Kier alpha value is -1.75. The Bertz CT molecular complexity index is 548. The molecule has 1 aromatic rings. The Morgan fingerprint density at radius 3 is 2.86 bits per heavy atom. The van der Waals surface area contributed by atoms with E-state index < -0.39 is 5.97 Å². The van der Waals surface area contributed by atoms with Crippen molar-refractivity contribution in [3.05, 3.63) is 28.8 Å². The molecule has 0 aliphatic carbocycles. The number of hydrogen-bond acceptors (Lipinski definition) is 4. The number of anilines is 1. The molecule has 0 radical (unpaired) electrons. The maximum absolute atomic E-state index is 12.1. The minimum Gasteiger partial charge on any atom is -0.452 e. The third kappa shape index (κ3) is 3.88. The number of nitrogen functional groups attached to an aromatic ring is 1. The number of nitrogens with two attached hydrogens (primary N) is 1. The lowest BCUT2D eigenvalue weighted by atomic mass is 10.0. The van der Waals surface area contributed by atoms with Crippen molar-refractivity contribution in [1.82, 2.24) is 4.90 Å². The lowest BCUT2D eigenvalue weighted by Crippen LogP contribution is -2.44. The van der Waals surface area contributed by atoms with Gasteiger partial charge in [-0.15, -0.1) is 0 Å². The Morgan fingerprint density at radius 2 is 2.19 bits per heavy atom. The molecule has 2 rings (SSSR count). The quantitative estimate of drug-likeness (QED) is 0.687. The van der Waals surface area contributed by atoms with Gasteiger partial charge < -0.3 is 15.4 Å². The van der Waals surface area contributed by atoms with E-state index in [4.69, 9.17) is 22.1 Å². The highest BCUT2D eigenvalue weighted by molar-refractivity contribution is 6.31. The molecule has 1 fully saturated rings. The molecule has 6 heteroatoms. The van der Waals surface area contributed by atoms with Crippen molar-refractivity contribution >= 4 is 29.2 Å². The van der Waals surface area contributed by atoms with Crippen LogP contribution in [0.5, 0.6) is 0 Å². The van der Waals surface area contributed by atoms with Gasteiger partial charge in [0.05, 0.1) is 5.56 Å². The molecular weight excluding hydrogens is 292 g/mol. The molecule has 1 aliphatic heterocycles. The summed E-state index contributed by atoms with van der Waals surface area (Å²) in [5.74, 6) is -0.773. The average Bonchev–Trinajstić information content (AvgIpc) is 2.45. The summed E-state index contributed by atoms with van der Waals surface area (Å²) >= 11 is 5.77. The SMILES string of the molecule is CC1CCCCN1C(=O)COC(=O)c1ccc(Cl)cc1N. The molecule has 2 N–H and O–H groups in total. The molecular formula is C15H19ClN2O3. The van der Waals surface area contributed by atoms with Crippen LogP contribution in [-0.4, -0.2) is 36.0 Å². The molecule has 21 heavy (non-hydrogen) atoms. The molecule has 0 aromatic heterocycles. The molecule has 1 unspecified atom stereocenters. The van der Waals surface area contributed by atoms with Crippen molar-refractivity contribution in [1.29, 1.82) is 0 Å². The number of hydrogen-bond donors (Lipinski definition) is 1. The van der Waals surface area contributed by atoms with Crippen LogP contribution in [0.3, 0.4) is 0 Å². The van der Waals surface area contributed by atoms with Crippen LogP contribution in [0, 0.1) is 0 Å². The van der Waals surface area contributed by atoms with Crippen molar-refractivity contribution in [2.24, 2.45) is 0 Å². The highest BCUT2D eigenvalue weighted by Gasteiger charge is 2.24. The summed E-state index contributed by atoms with van der Waals surface area (Å²) < 4.78 is 5.06. The standard InChI is InChI=1S/C15H19ClN2O3/c1-10-4-2-3-7-18(10)14(19)9-21-15(20)12-6-5-11(16)8-13(12)17/h5-6,8,10H,2-4,7,9,17H2,1H3. The highest BCUT2D eigenvalue weighted by Crippen LogP contribution is 2.19. The van der Waals surface area contributed by atoms with Crippen LogP contribution in [0.25, 0.3) is 0 Å². The first-order chi connectivity index (χ1) is 9.99. The number of piperidine rings is 1. The number of nitrogens with zero attached hydrogens (tertiary/aromatic N) is 1. The van der Waals surface area contributed by atoms with E-state index in [0.717, 1.165) is 25.8 Å². The Labute approximate surface area is 129 Å². The van der Waals surface area contributed by atoms with Gasteiger partial charge in [-0.1, -0.05) is 11.6 Å². The Kier molecular flexibility index (Phi) is 5.07. The topological polar surface area (TPSA) is 72.6 Å². The number of esters is 1. The number of ether oxygens (including phenoxy) is 1. The molecule has 1 aromatic carbocycles. The summed E-state index contributed by atoms with van der Waals surface area (Å²) in [6.45, 7) is 2.47. The molecule has 1 saturated heterocycles. The van der Waals surface area contributed by atoms with Crippen molar-refractivity contribution in [2.75, 3.05) is 18.9 Å². The number of likely N-dealkylation sites (tertiary alicyclic amines) is 1. The maximum Gasteiger partial charge on any atom is 0.340 e. The van der Waals surface area contributed by atoms with Crippen LogP contribution in [-0.2, 0) is 9.53 Å². The van der Waals surface area contributed by atoms with Crippen LogP contribution in [0.4, 0.5) is 5.69 Å². The summed E-state index contributed by atoms with van der Waals surface area (Å²) in [7, 11) is 0. The fourth-order valence-electron chi connectivity index (χ4n) is 2.48. The van der Waals surface area contributed by atoms with Crippen molar-refractivity contribution < 1.29 is 14.3 Å². The van der Waals surface area contributed by atoms with Gasteiger partial charge in [0.2, 0.25) is 0 Å². The molecule has 1 aliphatic rings. The van der Waals surface area contributed by atoms with Gasteiger partial charge in [-0.25, -0.2) is 4.79 Å². The number of halogens is 1. The maximum atomic E-state index is 12.1. The highest BCUT2D eigenvalue weighted by atomic mass is 35.5. The van der Waals surface area contributed by atoms with Gasteiger partial charge in [-0.2, -0.15) is 0 Å². The number of benzene rings is 1. The minimum atomic E-state index is -0.609. The molecule has 0 spiro atoms. The van der Waals surface area contributed by atoms with Gasteiger partial charge in [0.15, 0.2) is 6.61 Å².